The van der Waals surface area contributed by atoms with Gasteiger partial charge in [0.25, 0.3) is 0 Å². The first-order valence-corrected chi connectivity index (χ1v) is 2.78. The smallest absolute Gasteiger partial charge is 0.182 e. The Morgan fingerprint density at radius 2 is 1.50 bits per heavy atom. The van der Waals surface area contributed by atoms with Crippen molar-refractivity contribution in [2.75, 3.05) is 0 Å². The van der Waals surface area contributed by atoms with Gasteiger partial charge in [-0.15, -0.1) is 0 Å². The molecule has 0 N–H and O–H groups in total. The van der Waals surface area contributed by atoms with Gasteiger partial charge in [-0.3, -0.25) is 9.59 Å². The summed E-state index contributed by atoms with van der Waals surface area (Å²) in [5, 5.41) is 0. The number of rotatable bonds is 0. The largest absolute Gasteiger partial charge is 0.290 e. The van der Waals surface area contributed by atoms with Crippen LogP contribution in [0.3, 0.4) is 0 Å². The van der Waals surface area contributed by atoms with Crippen molar-refractivity contribution in [2.45, 2.75) is 13.8 Å². The van der Waals surface area contributed by atoms with E-state index in [4.69, 9.17) is 2.74 Å². The molecule has 0 unspecified atom stereocenters. The Balaban J connectivity index is 3.11. The summed E-state index contributed by atoms with van der Waals surface area (Å²) < 4.78 is 14.0. The van der Waals surface area contributed by atoms with Crippen LogP contribution in [0.5, 0.6) is 0 Å². The van der Waals surface area contributed by atoms with Gasteiger partial charge in [0.05, 0.1) is 0 Å². The van der Waals surface area contributed by atoms with Gasteiger partial charge in [-0.25, -0.2) is 0 Å². The molecule has 0 heterocycles. The molecular formula is C8H8O2. The zero-order valence-corrected chi connectivity index (χ0v) is 5.39. The third-order valence-electron chi connectivity index (χ3n) is 1.35. The first-order valence-electron chi connectivity index (χ1n) is 4.19. The maximum atomic E-state index is 11.0. The summed E-state index contributed by atoms with van der Waals surface area (Å²) in [6, 6.07) is 0. The van der Waals surface area contributed by atoms with Gasteiger partial charge in [-0.05, 0) is 26.0 Å². The molecule has 1 rings (SSSR count). The highest BCUT2D eigenvalue weighted by Gasteiger charge is 2.14. The van der Waals surface area contributed by atoms with Crippen molar-refractivity contribution in [1.29, 1.82) is 0 Å². The van der Waals surface area contributed by atoms with E-state index in [2.05, 4.69) is 0 Å². The first kappa shape index (κ1) is 4.61. The lowest BCUT2D eigenvalue weighted by Crippen LogP contribution is -2.09. The van der Waals surface area contributed by atoms with Crippen LogP contribution in [-0.2, 0) is 9.59 Å². The van der Waals surface area contributed by atoms with Gasteiger partial charge >= 0.3 is 0 Å². The fourth-order valence-corrected chi connectivity index (χ4v) is 0.650. The molecule has 0 bridgehead atoms. The van der Waals surface area contributed by atoms with E-state index in [-0.39, 0.29) is 36.5 Å². The Bertz CT molecular complexity index is 261. The minimum absolute atomic E-state index is 0.164. The van der Waals surface area contributed by atoms with Crippen LogP contribution in [0.2, 0.25) is 0 Å². The molecule has 0 aliphatic heterocycles. The molecule has 0 atom stereocenters. The van der Waals surface area contributed by atoms with E-state index in [1.165, 1.54) is 0 Å². The first-order chi connectivity index (χ1) is 5.70. The minimum atomic E-state index is -0.313. The Morgan fingerprint density at radius 1 is 1.10 bits per heavy atom. The van der Waals surface area contributed by atoms with Gasteiger partial charge in [0.1, 0.15) is 0 Å². The number of carbonyl (C=O) groups excluding carboxylic acids is 2. The Morgan fingerprint density at radius 3 is 1.80 bits per heavy atom. The molecular weight excluding hydrogens is 128 g/mol. The maximum Gasteiger partial charge on any atom is 0.182 e. The lowest BCUT2D eigenvalue weighted by atomic mass is 9.98. The molecule has 0 saturated heterocycles. The lowest BCUT2D eigenvalue weighted by Gasteiger charge is -2.04. The molecule has 0 spiro atoms. The van der Waals surface area contributed by atoms with Crippen LogP contribution in [0.4, 0.5) is 0 Å². The average Bonchev–Trinajstić information content (AvgIpc) is 2.08. The standard InChI is InChI=1S/C8H8O2/c1-5-6(2)8(10)4-3-7(5)9/h3-4H,1-2H3/i1D,2D. The summed E-state index contributed by atoms with van der Waals surface area (Å²) in [7, 11) is 0. The molecule has 52 valence electrons. The minimum Gasteiger partial charge on any atom is -0.290 e. The van der Waals surface area contributed by atoms with Gasteiger partial charge in [0, 0.05) is 13.9 Å². The second-order valence-corrected chi connectivity index (χ2v) is 2.02. The van der Waals surface area contributed by atoms with Crippen LogP contribution in [0.25, 0.3) is 0 Å². The molecule has 1 aliphatic carbocycles. The highest BCUT2D eigenvalue weighted by atomic mass is 16.1. The summed E-state index contributed by atoms with van der Waals surface area (Å²) in [5.74, 6) is -0.626. The molecule has 0 aromatic heterocycles. The van der Waals surface area contributed by atoms with Crippen molar-refractivity contribution in [3.8, 4) is 0 Å². The van der Waals surface area contributed by atoms with E-state index in [1.54, 1.807) is 0 Å². The number of allylic oxidation sites excluding steroid dienone is 4. The summed E-state index contributed by atoms with van der Waals surface area (Å²) in [5.41, 5.74) is 0.329. The van der Waals surface area contributed by atoms with Crippen molar-refractivity contribution in [3.63, 3.8) is 0 Å². The predicted molar refractivity (Wildman–Crippen MR) is 37.5 cm³/mol. The maximum absolute atomic E-state index is 11.0. The summed E-state index contributed by atoms with van der Waals surface area (Å²) in [6.07, 6.45) is 2.32. The monoisotopic (exact) mass is 138 g/mol. The van der Waals surface area contributed by atoms with E-state index in [0.717, 1.165) is 12.2 Å². The van der Waals surface area contributed by atoms with Crippen LogP contribution in [0.1, 0.15) is 16.5 Å². The Hall–Kier alpha value is -1.18. The quantitative estimate of drug-likeness (QED) is 0.468. The van der Waals surface area contributed by atoms with Crippen LogP contribution in [0, 0.1) is 0 Å². The number of ketones is 2. The molecule has 2 heteroatoms. The van der Waals surface area contributed by atoms with Gasteiger partial charge in [-0.2, -0.15) is 0 Å². The zero-order valence-electron chi connectivity index (χ0n) is 7.39. The molecule has 0 radical (unpaired) electrons. The SMILES string of the molecule is [2H]CC1=C(C[2H])C(=O)C=CC1=O. The van der Waals surface area contributed by atoms with E-state index in [1.807, 2.05) is 0 Å². The third kappa shape index (κ3) is 0.923. The number of carbonyl (C=O) groups is 2. The summed E-state index contributed by atoms with van der Waals surface area (Å²) in [6.45, 7) is -0.438. The van der Waals surface area contributed by atoms with Crippen molar-refractivity contribution in [3.05, 3.63) is 23.3 Å². The summed E-state index contributed by atoms with van der Waals surface area (Å²) in [4.78, 5) is 22.1. The summed E-state index contributed by atoms with van der Waals surface area (Å²) >= 11 is 0. The van der Waals surface area contributed by atoms with E-state index >= 15 is 0 Å². The second-order valence-electron chi connectivity index (χ2n) is 2.02. The zero-order chi connectivity index (χ0) is 9.14. The van der Waals surface area contributed by atoms with Crippen LogP contribution in [-0.4, -0.2) is 11.6 Å². The molecule has 0 aromatic rings. The number of hydrogen-bond donors (Lipinski definition) is 0. The molecule has 0 fully saturated rings. The molecule has 10 heavy (non-hydrogen) atoms. The predicted octanol–water partition coefficient (Wildman–Crippen LogP) is 1.03. The van der Waals surface area contributed by atoms with Crippen LogP contribution in [0.15, 0.2) is 23.3 Å². The van der Waals surface area contributed by atoms with E-state index in [0.29, 0.717) is 0 Å². The Labute approximate surface area is 62.0 Å². The average molecular weight is 138 g/mol. The van der Waals surface area contributed by atoms with Crippen molar-refractivity contribution >= 4 is 11.6 Å². The second kappa shape index (κ2) is 2.21. The van der Waals surface area contributed by atoms with Crippen molar-refractivity contribution in [1.82, 2.24) is 0 Å². The van der Waals surface area contributed by atoms with Gasteiger partial charge in [0.2, 0.25) is 0 Å². The molecule has 0 aromatic carbocycles. The highest BCUT2D eigenvalue weighted by Crippen LogP contribution is 2.11. The van der Waals surface area contributed by atoms with Crippen LogP contribution >= 0.6 is 0 Å². The topological polar surface area (TPSA) is 34.1 Å². The fourth-order valence-electron chi connectivity index (χ4n) is 0.650. The van der Waals surface area contributed by atoms with Crippen molar-refractivity contribution < 1.29 is 12.3 Å². The fraction of sp³-hybridized carbons (Fsp3) is 0.250. The lowest BCUT2D eigenvalue weighted by molar-refractivity contribution is -0.115. The van der Waals surface area contributed by atoms with Gasteiger partial charge in [-0.1, -0.05) is 0 Å². The third-order valence-corrected chi connectivity index (χ3v) is 1.35. The van der Waals surface area contributed by atoms with E-state index < -0.39 is 0 Å². The molecule has 0 saturated carbocycles. The molecule has 1 aliphatic rings. The normalized spacial score (nSPS) is 21.2. The van der Waals surface area contributed by atoms with Gasteiger partial charge in [0.15, 0.2) is 11.6 Å². The van der Waals surface area contributed by atoms with Crippen LogP contribution < -0.4 is 0 Å². The Kier molecular flexibility index (Phi) is 1.02. The van der Waals surface area contributed by atoms with E-state index in [9.17, 15) is 9.59 Å². The number of hydrogen-bond acceptors (Lipinski definition) is 2. The highest BCUT2D eigenvalue weighted by molar-refractivity contribution is 6.19. The van der Waals surface area contributed by atoms with Gasteiger partial charge < -0.3 is 0 Å². The molecule has 2 nitrogen and oxygen atoms in total. The van der Waals surface area contributed by atoms with Crippen molar-refractivity contribution in [2.24, 2.45) is 0 Å². The molecule has 0 amide bonds.